The predicted octanol–water partition coefficient (Wildman–Crippen LogP) is 2.07. The molecule has 1 rings (SSSR count). The molecule has 0 saturated heterocycles. The van der Waals surface area contributed by atoms with E-state index >= 15 is 0 Å². The van der Waals surface area contributed by atoms with Crippen molar-refractivity contribution in [3.05, 3.63) is 40.0 Å². The normalized spacial score (nSPS) is 10.6. The van der Waals surface area contributed by atoms with Gasteiger partial charge in [0.25, 0.3) is 0 Å². The zero-order valence-electron chi connectivity index (χ0n) is 10.2. The second kappa shape index (κ2) is 7.12. The molecule has 0 aromatic heterocycles. The number of nitro benzene ring substituents is 1. The van der Waals surface area contributed by atoms with Crippen LogP contribution in [0.15, 0.2) is 24.3 Å². The smallest absolute Gasteiger partial charge is 0.328 e. The third kappa shape index (κ3) is 4.76. The van der Waals surface area contributed by atoms with Gasteiger partial charge in [-0.15, -0.1) is 0 Å². The molecule has 0 amide bonds. The molecule has 0 saturated carbocycles. The van der Waals surface area contributed by atoms with Gasteiger partial charge >= 0.3 is 11.7 Å². The summed E-state index contributed by atoms with van der Waals surface area (Å²) in [6, 6.07) is 4.16. The van der Waals surface area contributed by atoms with E-state index in [1.807, 2.05) is 0 Å². The van der Waals surface area contributed by atoms with Crippen LogP contribution < -0.4 is 4.74 Å². The Labute approximate surface area is 109 Å². The highest BCUT2D eigenvalue weighted by molar-refractivity contribution is 5.85. The molecular formula is C12H13NO6. The van der Waals surface area contributed by atoms with E-state index in [4.69, 9.17) is 14.6 Å². The van der Waals surface area contributed by atoms with Gasteiger partial charge in [0, 0.05) is 18.7 Å². The number of hydrogen-bond acceptors (Lipinski definition) is 5. The molecule has 0 atom stereocenters. The van der Waals surface area contributed by atoms with Gasteiger partial charge < -0.3 is 14.6 Å². The summed E-state index contributed by atoms with van der Waals surface area (Å²) in [5, 5.41) is 19.4. The summed E-state index contributed by atoms with van der Waals surface area (Å²) in [4.78, 5) is 20.7. The van der Waals surface area contributed by atoms with Crippen molar-refractivity contribution < 1.29 is 24.3 Å². The molecule has 0 aliphatic rings. The molecule has 0 aliphatic carbocycles. The molecule has 0 unspecified atom stereocenters. The van der Waals surface area contributed by atoms with Crippen molar-refractivity contribution in [1.29, 1.82) is 0 Å². The lowest BCUT2D eigenvalue weighted by Gasteiger charge is -2.06. The van der Waals surface area contributed by atoms with Crippen LogP contribution in [0, 0.1) is 10.1 Å². The first-order valence-corrected chi connectivity index (χ1v) is 5.44. The minimum atomic E-state index is -1.13. The van der Waals surface area contributed by atoms with Crippen LogP contribution in [-0.2, 0) is 9.53 Å². The number of benzene rings is 1. The summed E-state index contributed by atoms with van der Waals surface area (Å²) in [5.41, 5.74) is 0.158. The van der Waals surface area contributed by atoms with Gasteiger partial charge in [-0.2, -0.15) is 0 Å². The molecule has 19 heavy (non-hydrogen) atoms. The molecule has 1 N–H and O–H groups in total. The van der Waals surface area contributed by atoms with Gasteiger partial charge in [-0.1, -0.05) is 6.07 Å². The molecule has 1 aromatic carbocycles. The van der Waals surface area contributed by atoms with Gasteiger partial charge in [-0.3, -0.25) is 10.1 Å². The maximum absolute atomic E-state index is 10.9. The Hall–Kier alpha value is -2.41. The minimum Gasteiger partial charge on any atom is -0.478 e. The monoisotopic (exact) mass is 267 g/mol. The van der Waals surface area contributed by atoms with Crippen LogP contribution in [0.2, 0.25) is 0 Å². The number of hydrogen-bond donors (Lipinski definition) is 1. The van der Waals surface area contributed by atoms with Crippen LogP contribution in [-0.4, -0.2) is 29.4 Å². The highest BCUT2D eigenvalue weighted by Crippen LogP contribution is 2.28. The van der Waals surface area contributed by atoms with E-state index in [1.54, 1.807) is 6.92 Å². The van der Waals surface area contributed by atoms with Gasteiger partial charge in [0.05, 0.1) is 4.92 Å². The Morgan fingerprint density at radius 2 is 2.26 bits per heavy atom. The Bertz CT molecular complexity index is 497. The summed E-state index contributed by atoms with van der Waals surface area (Å²) >= 11 is 0. The number of carboxylic acid groups (broad SMARTS) is 1. The van der Waals surface area contributed by atoms with Crippen LogP contribution in [0.5, 0.6) is 5.75 Å². The highest BCUT2D eigenvalue weighted by atomic mass is 16.7. The standard InChI is InChI=1S/C12H13NO6/c1-2-18-8-19-11-5-3-9(4-6-12(14)15)7-10(11)13(16)17/h3-7H,2,8H2,1H3,(H,14,15). The summed E-state index contributed by atoms with van der Waals surface area (Å²) in [7, 11) is 0. The van der Waals surface area contributed by atoms with Crippen LogP contribution >= 0.6 is 0 Å². The first kappa shape index (κ1) is 14.7. The molecule has 7 nitrogen and oxygen atoms in total. The van der Waals surface area contributed by atoms with Crippen molar-refractivity contribution in [2.24, 2.45) is 0 Å². The number of rotatable bonds is 7. The quantitative estimate of drug-likeness (QED) is 0.267. The fraction of sp³-hybridized carbons (Fsp3) is 0.250. The van der Waals surface area contributed by atoms with Gasteiger partial charge in [-0.05, 0) is 24.6 Å². The summed E-state index contributed by atoms with van der Waals surface area (Å²) in [6.45, 7) is 2.13. The molecular weight excluding hydrogens is 254 g/mol. The Kier molecular flexibility index (Phi) is 5.49. The van der Waals surface area contributed by atoms with Crippen molar-refractivity contribution in [1.82, 2.24) is 0 Å². The first-order chi connectivity index (χ1) is 9.04. The Morgan fingerprint density at radius 1 is 1.53 bits per heavy atom. The van der Waals surface area contributed by atoms with Gasteiger partial charge in [0.15, 0.2) is 12.5 Å². The lowest BCUT2D eigenvalue weighted by molar-refractivity contribution is -0.386. The second-order valence-corrected chi connectivity index (χ2v) is 3.41. The third-order valence-corrected chi connectivity index (χ3v) is 2.10. The average Bonchev–Trinajstić information content (AvgIpc) is 2.37. The summed E-state index contributed by atoms with van der Waals surface area (Å²) in [6.07, 6.45) is 2.17. The number of ether oxygens (including phenoxy) is 2. The molecule has 0 bridgehead atoms. The van der Waals surface area contributed by atoms with E-state index in [0.29, 0.717) is 12.2 Å². The average molecular weight is 267 g/mol. The predicted molar refractivity (Wildman–Crippen MR) is 66.9 cm³/mol. The molecule has 1 aromatic rings. The molecule has 0 fully saturated rings. The first-order valence-electron chi connectivity index (χ1n) is 5.44. The van der Waals surface area contributed by atoms with Crippen molar-refractivity contribution >= 4 is 17.7 Å². The van der Waals surface area contributed by atoms with Crippen LogP contribution in [0.1, 0.15) is 12.5 Å². The van der Waals surface area contributed by atoms with Crippen LogP contribution in [0.25, 0.3) is 6.08 Å². The topological polar surface area (TPSA) is 98.9 Å². The zero-order valence-corrected chi connectivity index (χ0v) is 10.2. The van der Waals surface area contributed by atoms with Gasteiger partial charge in [-0.25, -0.2) is 4.79 Å². The lowest BCUT2D eigenvalue weighted by Crippen LogP contribution is -2.04. The lowest BCUT2D eigenvalue weighted by atomic mass is 10.1. The number of aliphatic carboxylic acids is 1. The van der Waals surface area contributed by atoms with E-state index in [-0.39, 0.29) is 18.2 Å². The molecule has 0 radical (unpaired) electrons. The van der Waals surface area contributed by atoms with E-state index in [1.165, 1.54) is 24.3 Å². The van der Waals surface area contributed by atoms with Gasteiger partial charge in [0.1, 0.15) is 0 Å². The van der Waals surface area contributed by atoms with Crippen molar-refractivity contribution in [3.8, 4) is 5.75 Å². The van der Waals surface area contributed by atoms with E-state index in [2.05, 4.69) is 0 Å². The van der Waals surface area contributed by atoms with Crippen molar-refractivity contribution in [3.63, 3.8) is 0 Å². The van der Waals surface area contributed by atoms with Gasteiger partial charge in [0.2, 0.25) is 0 Å². The number of nitrogens with zero attached hydrogens (tertiary/aromatic N) is 1. The number of nitro groups is 1. The molecule has 7 heteroatoms. The molecule has 0 spiro atoms. The molecule has 0 heterocycles. The fourth-order valence-electron chi connectivity index (χ4n) is 1.26. The summed E-state index contributed by atoms with van der Waals surface area (Å²) < 4.78 is 10.1. The van der Waals surface area contributed by atoms with Crippen LogP contribution in [0.4, 0.5) is 5.69 Å². The second-order valence-electron chi connectivity index (χ2n) is 3.41. The molecule has 102 valence electrons. The Morgan fingerprint density at radius 3 is 2.84 bits per heavy atom. The maximum Gasteiger partial charge on any atom is 0.328 e. The number of carboxylic acids is 1. The van der Waals surface area contributed by atoms with E-state index in [0.717, 1.165) is 6.08 Å². The fourth-order valence-corrected chi connectivity index (χ4v) is 1.26. The zero-order chi connectivity index (χ0) is 14.3. The molecule has 0 aliphatic heterocycles. The summed E-state index contributed by atoms with van der Waals surface area (Å²) in [5.74, 6) is -1.05. The minimum absolute atomic E-state index is 0.0749. The Balaban J connectivity index is 2.94. The largest absolute Gasteiger partial charge is 0.478 e. The van der Waals surface area contributed by atoms with Crippen molar-refractivity contribution in [2.75, 3.05) is 13.4 Å². The SMILES string of the molecule is CCOCOc1ccc(C=CC(=O)O)cc1[N+](=O)[O-]. The number of carbonyl (C=O) groups is 1. The van der Waals surface area contributed by atoms with Crippen LogP contribution in [0.3, 0.4) is 0 Å². The van der Waals surface area contributed by atoms with E-state index < -0.39 is 10.9 Å². The highest BCUT2D eigenvalue weighted by Gasteiger charge is 2.15. The third-order valence-electron chi connectivity index (χ3n) is 2.10. The van der Waals surface area contributed by atoms with E-state index in [9.17, 15) is 14.9 Å². The maximum atomic E-state index is 10.9. The van der Waals surface area contributed by atoms with Crippen molar-refractivity contribution in [2.45, 2.75) is 6.92 Å².